The summed E-state index contributed by atoms with van der Waals surface area (Å²) in [5.74, 6) is 0.835. The Bertz CT molecular complexity index is 764. The molecule has 0 spiro atoms. The number of nitrogens with two attached hydrogens (primary N) is 1. The zero-order valence-corrected chi connectivity index (χ0v) is 15.0. The van der Waals surface area contributed by atoms with Crippen LogP contribution < -0.4 is 20.5 Å². The minimum absolute atomic E-state index is 0.0358. The van der Waals surface area contributed by atoms with E-state index in [0.717, 1.165) is 5.69 Å². The lowest BCUT2D eigenvalue weighted by Gasteiger charge is -2.11. The summed E-state index contributed by atoms with van der Waals surface area (Å²) in [5, 5.41) is 3.03. The molecule has 5 nitrogen and oxygen atoms in total. The van der Waals surface area contributed by atoms with Crippen LogP contribution in [0.3, 0.4) is 0 Å². The minimum atomic E-state index is -2.93. The first-order valence-electron chi connectivity index (χ1n) is 8.17. The molecule has 0 aliphatic rings. The van der Waals surface area contributed by atoms with Crippen LogP contribution in [0.1, 0.15) is 30.9 Å². The number of benzene rings is 2. The first kappa shape index (κ1) is 19.5. The van der Waals surface area contributed by atoms with E-state index >= 15 is 0 Å². The van der Waals surface area contributed by atoms with Gasteiger partial charge in [-0.25, -0.2) is 4.99 Å². The van der Waals surface area contributed by atoms with Gasteiger partial charge in [0.15, 0.2) is 17.5 Å². The third-order valence-electron chi connectivity index (χ3n) is 3.70. The van der Waals surface area contributed by atoms with Crippen LogP contribution in [0.25, 0.3) is 0 Å². The number of anilines is 1. The molecule has 0 saturated carbocycles. The molecule has 2 aromatic carbocycles. The maximum atomic E-state index is 12.5. The molecule has 2 rings (SSSR count). The van der Waals surface area contributed by atoms with Crippen LogP contribution in [0, 0.1) is 0 Å². The standard InChI is InChI=1S/C19H23F2N3O2/c1-12(2)14-5-4-6-15(10-14)24-19(22)23-11-13-7-8-16(25-3)17(9-13)26-18(20)21/h4-10,12,18H,11H2,1-3H3,(H3,22,23,24). The lowest BCUT2D eigenvalue weighted by Crippen LogP contribution is -2.22. The van der Waals surface area contributed by atoms with Crippen molar-refractivity contribution in [2.75, 3.05) is 12.4 Å². The number of nitrogens with one attached hydrogen (secondary N) is 1. The Hall–Kier alpha value is -2.83. The summed E-state index contributed by atoms with van der Waals surface area (Å²) in [4.78, 5) is 4.24. The van der Waals surface area contributed by atoms with Gasteiger partial charge in [0, 0.05) is 5.69 Å². The molecule has 0 aliphatic heterocycles. The Labute approximate surface area is 151 Å². The number of alkyl halides is 2. The lowest BCUT2D eigenvalue weighted by atomic mass is 10.0. The molecule has 0 aromatic heterocycles. The zero-order valence-electron chi connectivity index (χ0n) is 15.0. The van der Waals surface area contributed by atoms with Crippen LogP contribution in [0.2, 0.25) is 0 Å². The number of aliphatic imine (C=N–C) groups is 1. The molecule has 26 heavy (non-hydrogen) atoms. The summed E-state index contributed by atoms with van der Waals surface area (Å²) in [6.07, 6.45) is 0. The molecular weight excluding hydrogens is 340 g/mol. The number of hydrogen-bond donors (Lipinski definition) is 2. The Morgan fingerprint density at radius 1 is 1.15 bits per heavy atom. The van der Waals surface area contributed by atoms with Gasteiger partial charge in [0.05, 0.1) is 13.7 Å². The zero-order chi connectivity index (χ0) is 19.1. The van der Waals surface area contributed by atoms with Crippen molar-refractivity contribution in [2.24, 2.45) is 10.7 Å². The van der Waals surface area contributed by atoms with Crippen LogP contribution >= 0.6 is 0 Å². The first-order valence-corrected chi connectivity index (χ1v) is 8.17. The van der Waals surface area contributed by atoms with Crippen molar-refractivity contribution in [3.8, 4) is 11.5 Å². The van der Waals surface area contributed by atoms with Crippen LogP contribution in [0.5, 0.6) is 11.5 Å². The normalized spacial score (nSPS) is 11.7. The molecule has 0 atom stereocenters. The number of nitrogens with zero attached hydrogens (tertiary/aromatic N) is 1. The maximum absolute atomic E-state index is 12.5. The van der Waals surface area contributed by atoms with E-state index in [-0.39, 0.29) is 24.0 Å². The van der Waals surface area contributed by atoms with Gasteiger partial charge >= 0.3 is 6.61 Å². The van der Waals surface area contributed by atoms with Crippen LogP contribution in [0.4, 0.5) is 14.5 Å². The van der Waals surface area contributed by atoms with Crippen LogP contribution in [-0.4, -0.2) is 19.7 Å². The van der Waals surface area contributed by atoms with Gasteiger partial charge in [-0.2, -0.15) is 8.78 Å². The molecule has 0 fully saturated rings. The highest BCUT2D eigenvalue weighted by atomic mass is 19.3. The first-order chi connectivity index (χ1) is 12.4. The molecule has 0 heterocycles. The van der Waals surface area contributed by atoms with Crippen molar-refractivity contribution in [1.82, 2.24) is 0 Å². The molecule has 0 bridgehead atoms. The van der Waals surface area contributed by atoms with Crippen molar-refractivity contribution in [3.63, 3.8) is 0 Å². The van der Waals surface area contributed by atoms with Crippen molar-refractivity contribution in [2.45, 2.75) is 32.9 Å². The summed E-state index contributed by atoms with van der Waals surface area (Å²) >= 11 is 0. The second kappa shape index (κ2) is 9.03. The molecule has 2 aromatic rings. The van der Waals surface area contributed by atoms with E-state index in [0.29, 0.717) is 11.5 Å². The summed E-state index contributed by atoms with van der Waals surface area (Å²) < 4.78 is 34.4. The Balaban J connectivity index is 2.07. The predicted molar refractivity (Wildman–Crippen MR) is 99.1 cm³/mol. The predicted octanol–water partition coefficient (Wildman–Crippen LogP) is 4.35. The highest BCUT2D eigenvalue weighted by molar-refractivity contribution is 5.92. The monoisotopic (exact) mass is 363 g/mol. The third-order valence-corrected chi connectivity index (χ3v) is 3.70. The largest absolute Gasteiger partial charge is 0.493 e. The van der Waals surface area contributed by atoms with E-state index in [9.17, 15) is 8.78 Å². The molecule has 0 radical (unpaired) electrons. The van der Waals surface area contributed by atoms with Gasteiger partial charge in [-0.05, 0) is 41.3 Å². The number of ether oxygens (including phenoxy) is 2. The quantitative estimate of drug-likeness (QED) is 0.567. The lowest BCUT2D eigenvalue weighted by molar-refractivity contribution is -0.0512. The fraction of sp³-hybridized carbons (Fsp3) is 0.316. The van der Waals surface area contributed by atoms with Crippen LogP contribution in [0.15, 0.2) is 47.5 Å². The van der Waals surface area contributed by atoms with Gasteiger partial charge in [0.1, 0.15) is 0 Å². The molecule has 0 aliphatic carbocycles. The van der Waals surface area contributed by atoms with Crippen LogP contribution in [-0.2, 0) is 6.54 Å². The fourth-order valence-electron chi connectivity index (χ4n) is 2.35. The average Bonchev–Trinajstić information content (AvgIpc) is 2.60. The van der Waals surface area contributed by atoms with Gasteiger partial charge in [-0.1, -0.05) is 32.0 Å². The van der Waals surface area contributed by atoms with Crippen molar-refractivity contribution >= 4 is 11.6 Å². The van der Waals surface area contributed by atoms with E-state index < -0.39 is 6.61 Å². The summed E-state index contributed by atoms with van der Waals surface area (Å²) in [6.45, 7) is 1.51. The number of methoxy groups -OCH3 is 1. The van der Waals surface area contributed by atoms with Gasteiger partial charge in [0.2, 0.25) is 0 Å². The van der Waals surface area contributed by atoms with Crippen molar-refractivity contribution < 1.29 is 18.3 Å². The van der Waals surface area contributed by atoms with Crippen molar-refractivity contribution in [3.05, 3.63) is 53.6 Å². The Morgan fingerprint density at radius 2 is 1.92 bits per heavy atom. The molecule has 0 amide bonds. The topological polar surface area (TPSA) is 68.9 Å². The van der Waals surface area contributed by atoms with E-state index in [1.165, 1.54) is 18.7 Å². The van der Waals surface area contributed by atoms with E-state index in [4.69, 9.17) is 10.5 Å². The smallest absolute Gasteiger partial charge is 0.387 e. The van der Waals surface area contributed by atoms with Crippen molar-refractivity contribution in [1.29, 1.82) is 0 Å². The van der Waals surface area contributed by atoms with Gasteiger partial charge in [-0.15, -0.1) is 0 Å². The molecule has 0 unspecified atom stereocenters. The molecule has 0 saturated heterocycles. The number of rotatable bonds is 7. The number of guanidine groups is 1. The average molecular weight is 363 g/mol. The van der Waals surface area contributed by atoms with E-state index in [2.05, 4.69) is 28.9 Å². The number of hydrogen-bond acceptors (Lipinski definition) is 3. The Kier molecular flexibility index (Phi) is 6.77. The highest BCUT2D eigenvalue weighted by Crippen LogP contribution is 2.29. The Morgan fingerprint density at radius 3 is 2.58 bits per heavy atom. The maximum Gasteiger partial charge on any atom is 0.387 e. The SMILES string of the molecule is COc1ccc(CN=C(N)Nc2cccc(C(C)C)c2)cc1OC(F)F. The summed E-state index contributed by atoms with van der Waals surface area (Å²) in [5.41, 5.74) is 8.61. The fourth-order valence-corrected chi connectivity index (χ4v) is 2.35. The molecular formula is C19H23F2N3O2. The number of halogens is 2. The molecule has 140 valence electrons. The minimum Gasteiger partial charge on any atom is -0.493 e. The van der Waals surface area contributed by atoms with Gasteiger partial charge < -0.3 is 20.5 Å². The van der Waals surface area contributed by atoms with Gasteiger partial charge in [0.25, 0.3) is 0 Å². The van der Waals surface area contributed by atoms with Gasteiger partial charge in [-0.3, -0.25) is 0 Å². The summed E-state index contributed by atoms with van der Waals surface area (Å²) in [6, 6.07) is 12.6. The highest BCUT2D eigenvalue weighted by Gasteiger charge is 2.11. The second-order valence-corrected chi connectivity index (χ2v) is 5.97. The van der Waals surface area contributed by atoms with E-state index in [1.54, 1.807) is 12.1 Å². The third kappa shape index (κ3) is 5.61. The summed E-state index contributed by atoms with van der Waals surface area (Å²) in [7, 11) is 1.39. The molecule has 3 N–H and O–H groups in total. The second-order valence-electron chi connectivity index (χ2n) is 5.97. The van der Waals surface area contributed by atoms with E-state index in [1.807, 2.05) is 24.3 Å². The molecule has 7 heteroatoms.